The topological polar surface area (TPSA) is 123 Å². The third-order valence-corrected chi connectivity index (χ3v) is 4.73. The molecular formula is C19H18N4O5S. The number of nitrogens with one attached hydrogen (secondary N) is 2. The van der Waals surface area contributed by atoms with Crippen LogP contribution in [0.1, 0.15) is 37.8 Å². The molecule has 0 aliphatic rings. The molecule has 0 aliphatic heterocycles. The van der Waals surface area contributed by atoms with Gasteiger partial charge in [-0.1, -0.05) is 11.2 Å². The van der Waals surface area contributed by atoms with Crippen LogP contribution < -0.4 is 10.6 Å². The number of esters is 1. The summed E-state index contributed by atoms with van der Waals surface area (Å²) in [7, 11) is 1.27. The van der Waals surface area contributed by atoms with Crippen LogP contribution in [0.2, 0.25) is 0 Å². The fourth-order valence-electron chi connectivity index (χ4n) is 2.36. The van der Waals surface area contributed by atoms with E-state index in [1.807, 2.05) is 17.5 Å². The molecule has 29 heavy (non-hydrogen) atoms. The molecule has 150 valence electrons. The third-order valence-electron chi connectivity index (χ3n) is 3.85. The molecule has 0 aliphatic carbocycles. The Bertz CT molecular complexity index is 982. The average Bonchev–Trinajstić information content (AvgIpc) is 3.44. The number of carbonyl (C=O) groups excluding carboxylic acids is 3. The molecule has 0 aromatic carbocycles. The molecule has 0 saturated heterocycles. The Morgan fingerprint density at radius 2 is 1.86 bits per heavy atom. The lowest BCUT2D eigenvalue weighted by atomic mass is 10.2. The standard InChI is InChI=1S/C19H18N4O5S/c1-27-19(26)12-5-6-13(22-11-12)17(24)20-7-3-8-21-18(25)14-10-15(28-23-14)16-4-2-9-29-16/h2,4-6,9-11H,3,7-8H2,1H3,(H,20,24)(H,21,25). The van der Waals surface area contributed by atoms with Crippen LogP contribution in [0.25, 0.3) is 10.6 Å². The van der Waals surface area contributed by atoms with Crippen molar-refractivity contribution in [3.05, 3.63) is 58.9 Å². The zero-order chi connectivity index (χ0) is 20.6. The Balaban J connectivity index is 1.39. The van der Waals surface area contributed by atoms with Gasteiger partial charge >= 0.3 is 5.97 Å². The highest BCUT2D eigenvalue weighted by Gasteiger charge is 2.14. The quantitative estimate of drug-likeness (QED) is 0.427. The molecule has 3 rings (SSSR count). The van der Waals surface area contributed by atoms with E-state index in [2.05, 4.69) is 25.5 Å². The van der Waals surface area contributed by atoms with E-state index in [0.29, 0.717) is 25.3 Å². The summed E-state index contributed by atoms with van der Waals surface area (Å²) >= 11 is 1.50. The lowest BCUT2D eigenvalue weighted by Crippen LogP contribution is -2.30. The molecular weight excluding hydrogens is 396 g/mol. The second kappa shape index (κ2) is 9.60. The molecule has 2 N–H and O–H groups in total. The molecule has 0 saturated carbocycles. The molecule has 0 atom stereocenters. The number of ether oxygens (including phenoxy) is 1. The van der Waals surface area contributed by atoms with Crippen molar-refractivity contribution in [3.8, 4) is 10.6 Å². The van der Waals surface area contributed by atoms with Crippen LogP contribution in [-0.4, -0.2) is 48.1 Å². The molecule has 3 aromatic heterocycles. The van der Waals surface area contributed by atoms with Crippen molar-refractivity contribution in [2.75, 3.05) is 20.2 Å². The van der Waals surface area contributed by atoms with E-state index in [-0.39, 0.29) is 28.8 Å². The molecule has 9 nitrogen and oxygen atoms in total. The van der Waals surface area contributed by atoms with E-state index < -0.39 is 5.97 Å². The molecule has 2 amide bonds. The Morgan fingerprint density at radius 3 is 2.48 bits per heavy atom. The van der Waals surface area contributed by atoms with Gasteiger partial charge in [0.15, 0.2) is 11.5 Å². The summed E-state index contributed by atoms with van der Waals surface area (Å²) in [6.07, 6.45) is 1.80. The van der Waals surface area contributed by atoms with Gasteiger partial charge in [0.25, 0.3) is 11.8 Å². The van der Waals surface area contributed by atoms with Crippen molar-refractivity contribution >= 4 is 29.1 Å². The maximum atomic E-state index is 12.1. The van der Waals surface area contributed by atoms with Gasteiger partial charge in [0.2, 0.25) is 0 Å². The van der Waals surface area contributed by atoms with Gasteiger partial charge in [0.05, 0.1) is 17.6 Å². The zero-order valence-electron chi connectivity index (χ0n) is 15.5. The third kappa shape index (κ3) is 5.26. The molecule has 0 spiro atoms. The van der Waals surface area contributed by atoms with E-state index in [1.165, 1.54) is 36.8 Å². The molecule has 3 aromatic rings. The number of amides is 2. The molecule has 0 unspecified atom stereocenters. The van der Waals surface area contributed by atoms with Crippen molar-refractivity contribution in [3.63, 3.8) is 0 Å². The Labute approximate surface area is 170 Å². The fraction of sp³-hybridized carbons (Fsp3) is 0.211. The lowest BCUT2D eigenvalue weighted by molar-refractivity contribution is 0.0599. The summed E-state index contributed by atoms with van der Waals surface area (Å²) in [4.78, 5) is 40.3. The van der Waals surface area contributed by atoms with E-state index in [4.69, 9.17) is 4.52 Å². The number of aromatic nitrogens is 2. The van der Waals surface area contributed by atoms with Gasteiger partial charge in [0, 0.05) is 25.4 Å². The maximum Gasteiger partial charge on any atom is 0.339 e. The summed E-state index contributed by atoms with van der Waals surface area (Å²) in [6.45, 7) is 0.702. The van der Waals surface area contributed by atoms with E-state index in [1.54, 1.807) is 6.07 Å². The highest BCUT2D eigenvalue weighted by atomic mass is 32.1. The van der Waals surface area contributed by atoms with Crippen LogP contribution in [-0.2, 0) is 4.74 Å². The molecule has 0 fully saturated rings. The van der Waals surface area contributed by atoms with Gasteiger partial charge in [-0.2, -0.15) is 0 Å². The number of methoxy groups -OCH3 is 1. The monoisotopic (exact) mass is 414 g/mol. The van der Waals surface area contributed by atoms with Gasteiger partial charge < -0.3 is 19.9 Å². The number of thiophene rings is 1. The predicted octanol–water partition coefficient (Wildman–Crippen LogP) is 2.13. The van der Waals surface area contributed by atoms with Crippen molar-refractivity contribution in [1.29, 1.82) is 0 Å². The van der Waals surface area contributed by atoms with Crippen LogP contribution in [0, 0.1) is 0 Å². The predicted molar refractivity (Wildman–Crippen MR) is 105 cm³/mol. The number of carbonyl (C=O) groups is 3. The lowest BCUT2D eigenvalue weighted by Gasteiger charge is -2.06. The first kappa shape index (κ1) is 20.2. The zero-order valence-corrected chi connectivity index (χ0v) is 16.3. The molecule has 10 heteroatoms. The number of rotatable bonds is 8. The Kier molecular flexibility index (Phi) is 6.69. The van der Waals surface area contributed by atoms with Gasteiger partial charge in [-0.05, 0) is 30.0 Å². The van der Waals surface area contributed by atoms with E-state index >= 15 is 0 Å². The van der Waals surface area contributed by atoms with Gasteiger partial charge in [-0.15, -0.1) is 11.3 Å². The second-order valence-electron chi connectivity index (χ2n) is 5.84. The first-order chi connectivity index (χ1) is 14.1. The number of hydrogen-bond acceptors (Lipinski definition) is 8. The minimum atomic E-state index is -0.519. The van der Waals surface area contributed by atoms with E-state index in [0.717, 1.165) is 4.88 Å². The van der Waals surface area contributed by atoms with Gasteiger partial charge in [-0.3, -0.25) is 14.6 Å². The number of pyridine rings is 1. The SMILES string of the molecule is COC(=O)c1ccc(C(=O)NCCCNC(=O)c2cc(-c3cccs3)on2)nc1. The average molecular weight is 414 g/mol. The summed E-state index contributed by atoms with van der Waals surface area (Å²) in [5, 5.41) is 11.1. The van der Waals surface area contributed by atoms with Crippen LogP contribution in [0.3, 0.4) is 0 Å². The summed E-state index contributed by atoms with van der Waals surface area (Å²) in [6, 6.07) is 8.27. The summed E-state index contributed by atoms with van der Waals surface area (Å²) in [5.41, 5.74) is 0.652. The summed E-state index contributed by atoms with van der Waals surface area (Å²) < 4.78 is 9.75. The smallest absolute Gasteiger partial charge is 0.339 e. The van der Waals surface area contributed by atoms with Crippen LogP contribution in [0.4, 0.5) is 0 Å². The van der Waals surface area contributed by atoms with Crippen molar-refractivity contribution in [1.82, 2.24) is 20.8 Å². The van der Waals surface area contributed by atoms with Crippen molar-refractivity contribution < 1.29 is 23.6 Å². The Morgan fingerprint density at radius 1 is 1.10 bits per heavy atom. The normalized spacial score (nSPS) is 10.4. The largest absolute Gasteiger partial charge is 0.465 e. The van der Waals surface area contributed by atoms with Crippen LogP contribution in [0.5, 0.6) is 0 Å². The first-order valence-corrected chi connectivity index (χ1v) is 9.58. The van der Waals surface area contributed by atoms with Crippen LogP contribution >= 0.6 is 11.3 Å². The molecule has 0 bridgehead atoms. The van der Waals surface area contributed by atoms with Crippen molar-refractivity contribution in [2.24, 2.45) is 0 Å². The van der Waals surface area contributed by atoms with Gasteiger partial charge in [0.1, 0.15) is 5.69 Å². The fourth-order valence-corrected chi connectivity index (χ4v) is 3.03. The highest BCUT2D eigenvalue weighted by molar-refractivity contribution is 7.13. The van der Waals surface area contributed by atoms with E-state index in [9.17, 15) is 14.4 Å². The first-order valence-electron chi connectivity index (χ1n) is 8.70. The second-order valence-corrected chi connectivity index (χ2v) is 6.79. The molecule has 0 radical (unpaired) electrons. The maximum absolute atomic E-state index is 12.1. The number of hydrogen-bond donors (Lipinski definition) is 2. The van der Waals surface area contributed by atoms with Crippen molar-refractivity contribution in [2.45, 2.75) is 6.42 Å². The molecule has 3 heterocycles. The summed E-state index contributed by atoms with van der Waals surface area (Å²) in [5.74, 6) is -0.689. The minimum Gasteiger partial charge on any atom is -0.465 e. The van der Waals surface area contributed by atoms with Crippen LogP contribution in [0.15, 0.2) is 46.4 Å². The highest BCUT2D eigenvalue weighted by Crippen LogP contribution is 2.24. The minimum absolute atomic E-state index is 0.186. The Hall–Kier alpha value is -3.53. The number of nitrogens with zero attached hydrogens (tertiary/aromatic N) is 2. The van der Waals surface area contributed by atoms with Gasteiger partial charge in [-0.25, -0.2) is 4.79 Å².